The molecule has 2 rings (SSSR count). The number of aryl methyl sites for hydroxylation is 1. The molecule has 0 aromatic heterocycles. The quantitative estimate of drug-likeness (QED) is 0.622. The smallest absolute Gasteiger partial charge is 0.254 e. The fourth-order valence-electron chi connectivity index (χ4n) is 2.18. The summed E-state index contributed by atoms with van der Waals surface area (Å²) in [4.78, 5) is 14.1. The van der Waals surface area contributed by atoms with E-state index in [9.17, 15) is 4.79 Å². The topological polar surface area (TPSA) is 67.6 Å². The Balaban J connectivity index is 2.17. The van der Waals surface area contributed by atoms with Crippen molar-refractivity contribution in [2.45, 2.75) is 19.4 Å². The summed E-state index contributed by atoms with van der Waals surface area (Å²) in [6.07, 6.45) is 0.906. The predicted molar refractivity (Wildman–Crippen MR) is 70.3 cm³/mol. The highest BCUT2D eigenvalue weighted by Gasteiger charge is 2.25. The van der Waals surface area contributed by atoms with Crippen LogP contribution in [0.2, 0.25) is 0 Å². The lowest BCUT2D eigenvalue weighted by molar-refractivity contribution is 0.0710. The number of nitrogens with zero attached hydrogens (tertiary/aromatic N) is 1. The second-order valence-corrected chi connectivity index (χ2v) is 4.61. The van der Waals surface area contributed by atoms with Gasteiger partial charge in [-0.15, -0.1) is 0 Å². The van der Waals surface area contributed by atoms with Crippen molar-refractivity contribution >= 4 is 11.6 Å². The normalized spacial score (nSPS) is 18.7. The van der Waals surface area contributed by atoms with E-state index in [1.165, 1.54) is 0 Å². The van der Waals surface area contributed by atoms with Crippen LogP contribution in [0.1, 0.15) is 22.3 Å². The number of ether oxygens (including phenoxy) is 1. The van der Waals surface area contributed by atoms with Crippen LogP contribution in [-0.4, -0.2) is 37.1 Å². The minimum Gasteiger partial charge on any atom is -0.379 e. The molecule has 1 aromatic rings. The molecule has 1 fully saturated rings. The number of carbonyl (C=O) groups excluding carboxylic acids is 1. The zero-order valence-corrected chi connectivity index (χ0v) is 10.8. The number of hydrazine groups is 1. The number of anilines is 1. The maximum Gasteiger partial charge on any atom is 0.254 e. The van der Waals surface area contributed by atoms with Crippen LogP contribution in [0.15, 0.2) is 18.2 Å². The largest absolute Gasteiger partial charge is 0.379 e. The summed E-state index contributed by atoms with van der Waals surface area (Å²) in [6.45, 7) is 3.27. The number of benzene rings is 1. The summed E-state index contributed by atoms with van der Waals surface area (Å²) < 4.78 is 5.31. The van der Waals surface area contributed by atoms with Gasteiger partial charge in [0.25, 0.3) is 5.91 Å². The van der Waals surface area contributed by atoms with Crippen molar-refractivity contribution in [3.05, 3.63) is 29.3 Å². The van der Waals surface area contributed by atoms with Crippen LogP contribution in [0.4, 0.5) is 5.69 Å². The monoisotopic (exact) mass is 249 g/mol. The van der Waals surface area contributed by atoms with Crippen LogP contribution < -0.4 is 11.3 Å². The Kier molecular flexibility index (Phi) is 3.84. The van der Waals surface area contributed by atoms with Gasteiger partial charge in [0.05, 0.1) is 12.6 Å². The lowest BCUT2D eigenvalue weighted by Gasteiger charge is -2.24. The number of hydrogen-bond acceptors (Lipinski definition) is 4. The highest BCUT2D eigenvalue weighted by atomic mass is 16.5. The van der Waals surface area contributed by atoms with Gasteiger partial charge in [-0.25, -0.2) is 0 Å². The first-order valence-corrected chi connectivity index (χ1v) is 6.05. The average Bonchev–Trinajstić information content (AvgIpc) is 2.90. The molecule has 5 nitrogen and oxygen atoms in total. The highest BCUT2D eigenvalue weighted by Crippen LogP contribution is 2.19. The molecule has 0 radical (unpaired) electrons. The van der Waals surface area contributed by atoms with Crippen LogP contribution in [0.5, 0.6) is 0 Å². The Morgan fingerprint density at radius 3 is 2.89 bits per heavy atom. The summed E-state index contributed by atoms with van der Waals surface area (Å²) in [6, 6.07) is 5.66. The summed E-state index contributed by atoms with van der Waals surface area (Å²) in [5, 5.41) is 0. The van der Waals surface area contributed by atoms with Crippen molar-refractivity contribution < 1.29 is 9.53 Å². The lowest BCUT2D eigenvalue weighted by atomic mass is 10.1. The molecule has 3 N–H and O–H groups in total. The van der Waals surface area contributed by atoms with Gasteiger partial charge in [-0.05, 0) is 37.1 Å². The molecular weight excluding hydrogens is 230 g/mol. The first kappa shape index (κ1) is 12.9. The molecule has 1 aromatic carbocycles. The third-order valence-electron chi connectivity index (χ3n) is 3.40. The van der Waals surface area contributed by atoms with Gasteiger partial charge in [-0.2, -0.15) is 0 Å². The van der Waals surface area contributed by atoms with Crippen LogP contribution in [0.25, 0.3) is 0 Å². The molecule has 5 heteroatoms. The minimum atomic E-state index is 0.0339. The van der Waals surface area contributed by atoms with E-state index < -0.39 is 0 Å². The number of rotatable bonds is 3. The molecule has 18 heavy (non-hydrogen) atoms. The second-order valence-electron chi connectivity index (χ2n) is 4.61. The standard InChI is InChI=1S/C13H19N3O2/c1-9-7-10(15-14)3-4-12(9)13(17)16(2)11-5-6-18-8-11/h3-4,7,11,15H,5-6,8,14H2,1-2H3. The SMILES string of the molecule is Cc1cc(NN)ccc1C(=O)N(C)C1CCOC1. The van der Waals surface area contributed by atoms with Gasteiger partial charge in [-0.3, -0.25) is 10.6 Å². The van der Waals surface area contributed by atoms with E-state index in [2.05, 4.69) is 5.43 Å². The number of likely N-dealkylation sites (N-methyl/N-ethyl adjacent to an activating group) is 1. The van der Waals surface area contributed by atoms with Crippen molar-refractivity contribution in [3.63, 3.8) is 0 Å². The van der Waals surface area contributed by atoms with Gasteiger partial charge in [0.15, 0.2) is 0 Å². The summed E-state index contributed by atoms with van der Waals surface area (Å²) in [5.74, 6) is 5.38. The van der Waals surface area contributed by atoms with Crippen molar-refractivity contribution in [2.75, 3.05) is 25.7 Å². The number of carbonyl (C=O) groups is 1. The fourth-order valence-corrected chi connectivity index (χ4v) is 2.18. The third kappa shape index (κ3) is 2.47. The van der Waals surface area contributed by atoms with Gasteiger partial charge in [0, 0.05) is 24.9 Å². The van der Waals surface area contributed by atoms with Gasteiger partial charge in [0.2, 0.25) is 0 Å². The number of nitrogen functional groups attached to an aromatic ring is 1. The second kappa shape index (κ2) is 5.37. The highest BCUT2D eigenvalue weighted by molar-refractivity contribution is 5.96. The molecule has 1 unspecified atom stereocenters. The molecule has 0 aliphatic carbocycles. The van der Waals surface area contributed by atoms with E-state index in [0.29, 0.717) is 12.2 Å². The van der Waals surface area contributed by atoms with Crippen LogP contribution in [0, 0.1) is 6.92 Å². The average molecular weight is 249 g/mol. The maximum absolute atomic E-state index is 12.4. The minimum absolute atomic E-state index is 0.0339. The van der Waals surface area contributed by atoms with Gasteiger partial charge in [0.1, 0.15) is 0 Å². The molecule has 1 saturated heterocycles. The van der Waals surface area contributed by atoms with E-state index in [4.69, 9.17) is 10.6 Å². The molecule has 1 aliphatic heterocycles. The van der Waals surface area contributed by atoms with Crippen molar-refractivity contribution in [2.24, 2.45) is 5.84 Å². The Hall–Kier alpha value is -1.59. The lowest BCUT2D eigenvalue weighted by Crippen LogP contribution is -2.37. The number of nitrogens with one attached hydrogen (secondary N) is 1. The number of hydrogen-bond donors (Lipinski definition) is 2. The van der Waals surface area contributed by atoms with Gasteiger partial charge < -0.3 is 15.1 Å². The predicted octanol–water partition coefficient (Wildman–Crippen LogP) is 1.14. The molecule has 0 saturated carbocycles. The van der Waals surface area contributed by atoms with Crippen molar-refractivity contribution in [3.8, 4) is 0 Å². The molecule has 1 atom stereocenters. The molecule has 1 aliphatic rings. The first-order valence-electron chi connectivity index (χ1n) is 6.05. The molecule has 0 bridgehead atoms. The molecule has 0 spiro atoms. The van der Waals surface area contributed by atoms with Crippen LogP contribution >= 0.6 is 0 Å². The molecular formula is C13H19N3O2. The van der Waals surface area contributed by atoms with E-state index in [1.807, 2.05) is 20.0 Å². The summed E-state index contributed by atoms with van der Waals surface area (Å²) >= 11 is 0. The molecule has 98 valence electrons. The fraction of sp³-hybridized carbons (Fsp3) is 0.462. The van der Waals surface area contributed by atoms with E-state index in [1.54, 1.807) is 17.0 Å². The third-order valence-corrected chi connectivity index (χ3v) is 3.40. The zero-order valence-electron chi connectivity index (χ0n) is 10.8. The van der Waals surface area contributed by atoms with E-state index >= 15 is 0 Å². The Bertz CT molecular complexity index is 442. The Labute approximate surface area is 107 Å². The zero-order chi connectivity index (χ0) is 13.1. The Morgan fingerprint density at radius 1 is 1.56 bits per heavy atom. The van der Waals surface area contributed by atoms with Crippen molar-refractivity contribution in [1.82, 2.24) is 4.90 Å². The van der Waals surface area contributed by atoms with Crippen LogP contribution in [-0.2, 0) is 4.74 Å². The number of amides is 1. The van der Waals surface area contributed by atoms with E-state index in [0.717, 1.165) is 24.3 Å². The maximum atomic E-state index is 12.4. The van der Waals surface area contributed by atoms with Gasteiger partial charge >= 0.3 is 0 Å². The van der Waals surface area contributed by atoms with E-state index in [-0.39, 0.29) is 11.9 Å². The Morgan fingerprint density at radius 2 is 2.33 bits per heavy atom. The molecule has 1 amide bonds. The summed E-state index contributed by atoms with van der Waals surface area (Å²) in [5.41, 5.74) is 5.00. The van der Waals surface area contributed by atoms with Crippen molar-refractivity contribution in [1.29, 1.82) is 0 Å². The molecule has 1 heterocycles. The van der Waals surface area contributed by atoms with Gasteiger partial charge in [-0.1, -0.05) is 0 Å². The number of nitrogens with two attached hydrogens (primary N) is 1. The summed E-state index contributed by atoms with van der Waals surface area (Å²) in [7, 11) is 1.83. The first-order chi connectivity index (χ1) is 8.63. The van der Waals surface area contributed by atoms with Crippen LogP contribution in [0.3, 0.4) is 0 Å².